The summed E-state index contributed by atoms with van der Waals surface area (Å²) in [5, 5.41) is 9.71. The first-order chi connectivity index (χ1) is 6.39. The summed E-state index contributed by atoms with van der Waals surface area (Å²) in [5.74, 6) is 0. The lowest BCUT2D eigenvalue weighted by atomic mass is 10.2. The van der Waals surface area contributed by atoms with Crippen LogP contribution in [0, 0.1) is 5.41 Å². The molecule has 0 heterocycles. The van der Waals surface area contributed by atoms with Crippen molar-refractivity contribution in [2.75, 3.05) is 0 Å². The van der Waals surface area contributed by atoms with Crippen molar-refractivity contribution < 1.29 is 9.53 Å². The molecule has 0 saturated carbocycles. The fourth-order valence-corrected chi connectivity index (χ4v) is 0.967. The maximum atomic E-state index is 11.3. The summed E-state index contributed by atoms with van der Waals surface area (Å²) in [4.78, 5) is 11.3. The first-order valence-electron chi connectivity index (χ1n) is 4.89. The van der Waals surface area contributed by atoms with Crippen molar-refractivity contribution in [3.05, 3.63) is 0 Å². The number of carbonyl (C=O) groups excluding carboxylic acids is 1. The molecule has 0 aromatic heterocycles. The van der Waals surface area contributed by atoms with Crippen molar-refractivity contribution in [1.29, 1.82) is 5.41 Å². The van der Waals surface area contributed by atoms with Crippen molar-refractivity contribution in [3.63, 3.8) is 0 Å². The van der Waals surface area contributed by atoms with Gasteiger partial charge < -0.3 is 15.5 Å². The van der Waals surface area contributed by atoms with Gasteiger partial charge in [-0.05, 0) is 27.2 Å². The Morgan fingerprint density at radius 3 is 2.50 bits per heavy atom. The molecule has 14 heavy (non-hydrogen) atoms. The Kier molecular flexibility index (Phi) is 5.20. The number of amides is 1. The van der Waals surface area contributed by atoms with E-state index in [-0.39, 0.29) is 6.04 Å². The predicted octanol–water partition coefficient (Wildman–Crippen LogP) is 2.33. The number of hydrogen-bond donors (Lipinski definition) is 2. The second-order valence-electron chi connectivity index (χ2n) is 4.21. The Morgan fingerprint density at radius 1 is 1.57 bits per heavy atom. The molecule has 0 spiro atoms. The van der Waals surface area contributed by atoms with Crippen LogP contribution >= 0.6 is 0 Å². The van der Waals surface area contributed by atoms with E-state index in [4.69, 9.17) is 10.1 Å². The SMILES string of the molecule is CCCC(C=N)NC(=O)OC(C)(C)C. The minimum atomic E-state index is -0.483. The van der Waals surface area contributed by atoms with E-state index in [1.165, 1.54) is 6.21 Å². The van der Waals surface area contributed by atoms with Crippen molar-refractivity contribution in [2.45, 2.75) is 52.2 Å². The largest absolute Gasteiger partial charge is 0.444 e. The monoisotopic (exact) mass is 200 g/mol. The molecule has 0 radical (unpaired) electrons. The third kappa shape index (κ3) is 6.46. The summed E-state index contributed by atoms with van der Waals surface area (Å²) in [5.41, 5.74) is -0.483. The summed E-state index contributed by atoms with van der Waals surface area (Å²) in [6.07, 6.45) is 2.46. The number of alkyl carbamates (subject to hydrolysis) is 1. The molecule has 0 aliphatic rings. The van der Waals surface area contributed by atoms with E-state index in [0.717, 1.165) is 12.8 Å². The number of ether oxygens (including phenoxy) is 1. The molecule has 1 atom stereocenters. The Labute approximate surface area is 85.5 Å². The van der Waals surface area contributed by atoms with Gasteiger partial charge in [-0.3, -0.25) is 0 Å². The quantitative estimate of drug-likeness (QED) is 0.684. The molecule has 0 aromatic carbocycles. The molecule has 0 rings (SSSR count). The van der Waals surface area contributed by atoms with Crippen LogP contribution in [-0.2, 0) is 4.74 Å². The molecule has 0 aliphatic heterocycles. The van der Waals surface area contributed by atoms with Gasteiger partial charge in [0.1, 0.15) is 5.60 Å². The van der Waals surface area contributed by atoms with Crippen molar-refractivity contribution in [2.24, 2.45) is 0 Å². The van der Waals surface area contributed by atoms with E-state index >= 15 is 0 Å². The Bertz CT molecular complexity index is 197. The highest BCUT2D eigenvalue weighted by molar-refractivity contribution is 5.74. The average Bonchev–Trinajstić information content (AvgIpc) is 2.00. The predicted molar refractivity (Wildman–Crippen MR) is 56.8 cm³/mol. The van der Waals surface area contributed by atoms with Gasteiger partial charge in [0.2, 0.25) is 0 Å². The molecule has 0 aliphatic carbocycles. The zero-order valence-electron chi connectivity index (χ0n) is 9.39. The third-order valence-corrected chi connectivity index (χ3v) is 1.50. The number of hydrogen-bond acceptors (Lipinski definition) is 3. The second kappa shape index (κ2) is 5.62. The van der Waals surface area contributed by atoms with E-state index in [1.54, 1.807) is 0 Å². The van der Waals surface area contributed by atoms with Crippen molar-refractivity contribution in [1.82, 2.24) is 5.32 Å². The Hall–Kier alpha value is -1.06. The zero-order valence-corrected chi connectivity index (χ0v) is 9.39. The van der Waals surface area contributed by atoms with Crippen LogP contribution in [0.5, 0.6) is 0 Å². The zero-order chi connectivity index (χ0) is 11.2. The van der Waals surface area contributed by atoms with Crippen LogP contribution in [0.3, 0.4) is 0 Å². The molecule has 2 N–H and O–H groups in total. The number of nitrogens with one attached hydrogen (secondary N) is 2. The Balaban J connectivity index is 3.97. The molecule has 0 fully saturated rings. The molecule has 1 unspecified atom stereocenters. The summed E-state index contributed by atoms with van der Waals surface area (Å²) < 4.78 is 5.06. The molecule has 4 heteroatoms. The highest BCUT2D eigenvalue weighted by atomic mass is 16.6. The maximum Gasteiger partial charge on any atom is 0.408 e. The minimum Gasteiger partial charge on any atom is -0.444 e. The van der Waals surface area contributed by atoms with Crippen LogP contribution < -0.4 is 5.32 Å². The molecular formula is C10H20N2O2. The summed E-state index contributed by atoms with van der Waals surface area (Å²) in [6.45, 7) is 7.44. The summed E-state index contributed by atoms with van der Waals surface area (Å²) in [7, 11) is 0. The average molecular weight is 200 g/mol. The molecule has 0 aromatic rings. The summed E-state index contributed by atoms with van der Waals surface area (Å²) in [6, 6.07) is -0.213. The van der Waals surface area contributed by atoms with Crippen LogP contribution in [0.25, 0.3) is 0 Å². The van der Waals surface area contributed by atoms with E-state index in [9.17, 15) is 4.79 Å². The van der Waals surface area contributed by atoms with E-state index in [1.807, 2.05) is 27.7 Å². The van der Waals surface area contributed by atoms with Crippen LogP contribution in [0.1, 0.15) is 40.5 Å². The van der Waals surface area contributed by atoms with Crippen molar-refractivity contribution >= 4 is 12.3 Å². The van der Waals surface area contributed by atoms with Gasteiger partial charge in [-0.15, -0.1) is 0 Å². The minimum absolute atomic E-state index is 0.213. The fraction of sp³-hybridized carbons (Fsp3) is 0.800. The van der Waals surface area contributed by atoms with E-state index < -0.39 is 11.7 Å². The molecule has 0 saturated heterocycles. The van der Waals surface area contributed by atoms with Gasteiger partial charge in [0.15, 0.2) is 0 Å². The van der Waals surface area contributed by atoms with Gasteiger partial charge >= 0.3 is 6.09 Å². The number of rotatable bonds is 4. The standard InChI is InChI=1S/C10H20N2O2/c1-5-6-8(7-11)12-9(13)14-10(2,3)4/h7-8,11H,5-6H2,1-4H3,(H,12,13). The number of carbonyl (C=O) groups is 1. The Morgan fingerprint density at radius 2 is 2.14 bits per heavy atom. The van der Waals surface area contributed by atoms with Crippen LogP contribution in [0.2, 0.25) is 0 Å². The molecular weight excluding hydrogens is 180 g/mol. The van der Waals surface area contributed by atoms with Gasteiger partial charge in [0.05, 0.1) is 6.04 Å². The molecule has 82 valence electrons. The molecule has 0 bridgehead atoms. The summed E-state index contributed by atoms with van der Waals surface area (Å²) >= 11 is 0. The third-order valence-electron chi connectivity index (χ3n) is 1.50. The molecule has 1 amide bonds. The lowest BCUT2D eigenvalue weighted by Gasteiger charge is -2.21. The first-order valence-corrected chi connectivity index (χ1v) is 4.89. The molecule has 4 nitrogen and oxygen atoms in total. The van der Waals surface area contributed by atoms with Crippen LogP contribution in [-0.4, -0.2) is 24.0 Å². The smallest absolute Gasteiger partial charge is 0.408 e. The van der Waals surface area contributed by atoms with Gasteiger partial charge in [-0.1, -0.05) is 13.3 Å². The van der Waals surface area contributed by atoms with Gasteiger partial charge in [-0.2, -0.15) is 0 Å². The second-order valence-corrected chi connectivity index (χ2v) is 4.21. The lowest BCUT2D eigenvalue weighted by Crippen LogP contribution is -2.39. The van der Waals surface area contributed by atoms with E-state index in [0.29, 0.717) is 0 Å². The van der Waals surface area contributed by atoms with Gasteiger partial charge in [0.25, 0.3) is 0 Å². The normalized spacial score (nSPS) is 13.1. The highest BCUT2D eigenvalue weighted by Gasteiger charge is 2.17. The lowest BCUT2D eigenvalue weighted by molar-refractivity contribution is 0.0517. The first kappa shape index (κ1) is 12.9. The van der Waals surface area contributed by atoms with Crippen molar-refractivity contribution in [3.8, 4) is 0 Å². The topological polar surface area (TPSA) is 62.2 Å². The fourth-order valence-electron chi connectivity index (χ4n) is 0.967. The van der Waals surface area contributed by atoms with Crippen LogP contribution in [0.15, 0.2) is 0 Å². The van der Waals surface area contributed by atoms with E-state index in [2.05, 4.69) is 5.32 Å². The maximum absolute atomic E-state index is 11.3. The van der Waals surface area contributed by atoms with Gasteiger partial charge in [-0.25, -0.2) is 4.79 Å². The highest BCUT2D eigenvalue weighted by Crippen LogP contribution is 2.07. The van der Waals surface area contributed by atoms with Gasteiger partial charge in [0, 0.05) is 6.21 Å². The van der Waals surface area contributed by atoms with Crippen LogP contribution in [0.4, 0.5) is 4.79 Å².